The minimum atomic E-state index is -4.58. The highest BCUT2D eigenvalue weighted by Crippen LogP contribution is 2.30. The fraction of sp³-hybridized carbons (Fsp3) is 0.300. The molecule has 1 fully saturated rings. The summed E-state index contributed by atoms with van der Waals surface area (Å²) < 4.78 is 49.1. The standard InChI is InChI=1S/C20H16F3N3O5/c21-20(22,23)12-3-4-14-15(7-12)24-16(25-18(14)28)10-31-19(29)11-6-17(27)26(8-11)9-13-2-1-5-30-13/h1-5,7,11H,6,8-10H2,(H,24,25,28). The van der Waals surface area contributed by atoms with Crippen LogP contribution in [0.25, 0.3) is 10.9 Å². The van der Waals surface area contributed by atoms with E-state index in [0.717, 1.165) is 18.2 Å². The van der Waals surface area contributed by atoms with E-state index in [2.05, 4.69) is 9.97 Å². The van der Waals surface area contributed by atoms with Gasteiger partial charge in [0.15, 0.2) is 0 Å². The molecule has 8 nitrogen and oxygen atoms in total. The molecule has 0 aliphatic carbocycles. The van der Waals surface area contributed by atoms with Crippen LogP contribution in [0.5, 0.6) is 0 Å². The summed E-state index contributed by atoms with van der Waals surface area (Å²) in [5.41, 5.74) is -1.75. The molecule has 1 saturated heterocycles. The number of hydrogen-bond acceptors (Lipinski definition) is 6. The lowest BCUT2D eigenvalue weighted by molar-refractivity contribution is -0.150. The number of nitrogens with one attached hydrogen (secondary N) is 1. The fourth-order valence-corrected chi connectivity index (χ4v) is 3.36. The van der Waals surface area contributed by atoms with Crippen LogP contribution in [-0.4, -0.2) is 33.3 Å². The Balaban J connectivity index is 1.43. The van der Waals surface area contributed by atoms with Crippen molar-refractivity contribution in [2.24, 2.45) is 5.92 Å². The Morgan fingerprint density at radius 2 is 2.10 bits per heavy atom. The molecule has 2 aromatic heterocycles. The maximum absolute atomic E-state index is 12.9. The van der Waals surface area contributed by atoms with Crippen LogP contribution in [0, 0.1) is 5.92 Å². The topological polar surface area (TPSA) is 106 Å². The van der Waals surface area contributed by atoms with Gasteiger partial charge in [-0.05, 0) is 30.3 Å². The first-order chi connectivity index (χ1) is 14.7. The van der Waals surface area contributed by atoms with Crippen LogP contribution in [0.2, 0.25) is 0 Å². The fourth-order valence-electron chi connectivity index (χ4n) is 3.36. The summed E-state index contributed by atoms with van der Waals surface area (Å²) in [4.78, 5) is 44.4. The molecule has 1 N–H and O–H groups in total. The summed E-state index contributed by atoms with van der Waals surface area (Å²) in [5.74, 6) is -1.11. The van der Waals surface area contributed by atoms with Gasteiger partial charge in [0.2, 0.25) is 5.91 Å². The molecule has 0 spiro atoms. The highest BCUT2D eigenvalue weighted by Gasteiger charge is 2.36. The van der Waals surface area contributed by atoms with E-state index in [1.54, 1.807) is 12.1 Å². The van der Waals surface area contributed by atoms with E-state index in [4.69, 9.17) is 9.15 Å². The smallest absolute Gasteiger partial charge is 0.416 e. The summed E-state index contributed by atoms with van der Waals surface area (Å²) in [6.45, 7) is -0.0607. The van der Waals surface area contributed by atoms with Crippen LogP contribution >= 0.6 is 0 Å². The van der Waals surface area contributed by atoms with Gasteiger partial charge in [-0.3, -0.25) is 14.4 Å². The number of likely N-dealkylation sites (tertiary alicyclic amines) is 1. The number of benzene rings is 1. The third kappa shape index (κ3) is 4.44. The number of amides is 1. The molecule has 1 amide bonds. The number of halogens is 3. The number of aromatic amines is 1. The van der Waals surface area contributed by atoms with Gasteiger partial charge < -0.3 is 19.0 Å². The van der Waals surface area contributed by atoms with Crippen molar-refractivity contribution in [3.63, 3.8) is 0 Å². The number of rotatable bonds is 5. The third-order valence-electron chi connectivity index (χ3n) is 4.91. The third-order valence-corrected chi connectivity index (χ3v) is 4.91. The van der Waals surface area contributed by atoms with Crippen molar-refractivity contribution in [1.29, 1.82) is 0 Å². The highest BCUT2D eigenvalue weighted by atomic mass is 19.4. The van der Waals surface area contributed by atoms with E-state index in [9.17, 15) is 27.6 Å². The molecule has 1 atom stereocenters. The zero-order chi connectivity index (χ0) is 22.2. The van der Waals surface area contributed by atoms with Gasteiger partial charge in [0.1, 0.15) is 18.2 Å². The molecule has 1 aliphatic rings. The molecule has 1 aromatic carbocycles. The van der Waals surface area contributed by atoms with Crippen LogP contribution in [0.15, 0.2) is 45.8 Å². The minimum absolute atomic E-state index is 0.0157. The van der Waals surface area contributed by atoms with Crippen LogP contribution in [0.1, 0.15) is 23.6 Å². The van der Waals surface area contributed by atoms with Crippen LogP contribution in [0.4, 0.5) is 13.2 Å². The van der Waals surface area contributed by atoms with Crippen LogP contribution in [0.3, 0.4) is 0 Å². The highest BCUT2D eigenvalue weighted by molar-refractivity contribution is 5.86. The average molecular weight is 435 g/mol. The Bertz CT molecular complexity index is 1190. The van der Waals surface area contributed by atoms with E-state index in [-0.39, 0.29) is 42.1 Å². The summed E-state index contributed by atoms with van der Waals surface area (Å²) in [7, 11) is 0. The summed E-state index contributed by atoms with van der Waals surface area (Å²) in [5, 5.41) is -0.0157. The lowest BCUT2D eigenvalue weighted by Crippen LogP contribution is -2.26. The van der Waals surface area contributed by atoms with E-state index in [0.29, 0.717) is 5.76 Å². The molecule has 3 aromatic rings. The van der Waals surface area contributed by atoms with Gasteiger partial charge in [0.05, 0.1) is 35.2 Å². The van der Waals surface area contributed by atoms with Crippen molar-refractivity contribution >= 4 is 22.8 Å². The molecule has 11 heteroatoms. The summed E-state index contributed by atoms with van der Waals surface area (Å²) in [6, 6.07) is 6.00. The second-order valence-electron chi connectivity index (χ2n) is 7.10. The Morgan fingerprint density at radius 1 is 1.29 bits per heavy atom. The number of aromatic nitrogens is 2. The number of carbonyl (C=O) groups is 2. The molecule has 0 radical (unpaired) electrons. The van der Waals surface area contributed by atoms with Gasteiger partial charge in [-0.1, -0.05) is 0 Å². The second kappa shape index (κ2) is 7.89. The quantitative estimate of drug-likeness (QED) is 0.618. The Morgan fingerprint density at radius 3 is 2.81 bits per heavy atom. The van der Waals surface area contributed by atoms with E-state index >= 15 is 0 Å². The number of esters is 1. The number of ether oxygens (including phenoxy) is 1. The largest absolute Gasteiger partial charge is 0.467 e. The van der Waals surface area contributed by atoms with Gasteiger partial charge in [-0.15, -0.1) is 0 Å². The first kappa shape index (κ1) is 20.6. The maximum Gasteiger partial charge on any atom is 0.416 e. The molecule has 1 unspecified atom stereocenters. The number of fused-ring (bicyclic) bond motifs is 1. The molecule has 0 saturated carbocycles. The van der Waals surface area contributed by atoms with E-state index in [1.807, 2.05) is 0 Å². The maximum atomic E-state index is 12.9. The normalized spacial score (nSPS) is 16.8. The first-order valence-electron chi connectivity index (χ1n) is 9.27. The Labute approximate surface area is 172 Å². The molecular formula is C20H16F3N3O5. The summed E-state index contributed by atoms with van der Waals surface area (Å²) >= 11 is 0. The first-order valence-corrected chi connectivity index (χ1v) is 9.27. The van der Waals surface area contributed by atoms with Crippen LogP contribution < -0.4 is 5.56 Å². The lowest BCUT2D eigenvalue weighted by Gasteiger charge is -2.14. The van der Waals surface area contributed by atoms with Gasteiger partial charge in [0, 0.05) is 13.0 Å². The van der Waals surface area contributed by atoms with Gasteiger partial charge in [-0.2, -0.15) is 13.2 Å². The number of furan rings is 1. The Hall–Kier alpha value is -3.63. The van der Waals surface area contributed by atoms with Gasteiger partial charge in [0.25, 0.3) is 5.56 Å². The van der Waals surface area contributed by atoms with Gasteiger partial charge >= 0.3 is 12.1 Å². The molecular weight excluding hydrogens is 419 g/mol. The second-order valence-corrected chi connectivity index (χ2v) is 7.10. The van der Waals surface area contributed by atoms with Crippen molar-refractivity contribution in [2.75, 3.05) is 6.54 Å². The van der Waals surface area contributed by atoms with E-state index < -0.39 is 35.8 Å². The van der Waals surface area contributed by atoms with Crippen LogP contribution in [-0.2, 0) is 33.7 Å². The van der Waals surface area contributed by atoms with Crippen molar-refractivity contribution in [3.05, 3.63) is 64.1 Å². The molecule has 1 aliphatic heterocycles. The Kier molecular flexibility index (Phi) is 5.25. The molecule has 162 valence electrons. The molecule has 4 rings (SSSR count). The van der Waals surface area contributed by atoms with Crippen molar-refractivity contribution in [2.45, 2.75) is 25.7 Å². The molecule has 3 heterocycles. The number of alkyl halides is 3. The molecule has 31 heavy (non-hydrogen) atoms. The monoisotopic (exact) mass is 435 g/mol. The SMILES string of the molecule is O=C(OCc1nc2cc(C(F)(F)F)ccc2c(=O)[nH]1)C1CC(=O)N(Cc2ccco2)C1. The van der Waals surface area contributed by atoms with Crippen molar-refractivity contribution in [3.8, 4) is 0 Å². The molecule has 0 bridgehead atoms. The number of H-pyrrole nitrogens is 1. The average Bonchev–Trinajstić information content (AvgIpc) is 3.35. The number of carbonyl (C=O) groups excluding carboxylic acids is 2. The number of nitrogens with zero attached hydrogens (tertiary/aromatic N) is 2. The summed E-state index contributed by atoms with van der Waals surface area (Å²) in [6.07, 6.45) is -3.13. The predicted octanol–water partition coefficient (Wildman–Crippen LogP) is 2.63. The number of hydrogen-bond donors (Lipinski definition) is 1. The zero-order valence-corrected chi connectivity index (χ0v) is 15.9. The zero-order valence-electron chi connectivity index (χ0n) is 15.9. The van der Waals surface area contributed by atoms with Gasteiger partial charge in [-0.25, -0.2) is 4.98 Å². The van der Waals surface area contributed by atoms with E-state index in [1.165, 1.54) is 11.2 Å². The van der Waals surface area contributed by atoms with Crippen molar-refractivity contribution < 1.29 is 31.9 Å². The lowest BCUT2D eigenvalue weighted by atomic mass is 10.1. The van der Waals surface area contributed by atoms with Crippen molar-refractivity contribution in [1.82, 2.24) is 14.9 Å². The minimum Gasteiger partial charge on any atom is -0.467 e. The predicted molar refractivity (Wildman–Crippen MR) is 99.4 cm³/mol.